The van der Waals surface area contributed by atoms with Crippen molar-refractivity contribution in [3.05, 3.63) is 23.9 Å². The summed E-state index contributed by atoms with van der Waals surface area (Å²) in [5.74, 6) is 1.17. The van der Waals surface area contributed by atoms with Gasteiger partial charge in [0, 0.05) is 19.1 Å². The summed E-state index contributed by atoms with van der Waals surface area (Å²) in [4.78, 5) is 7.37. The van der Waals surface area contributed by atoms with Crippen LogP contribution in [0.1, 0.15) is 51.6 Å². The zero-order valence-electron chi connectivity index (χ0n) is 12.4. The van der Waals surface area contributed by atoms with Gasteiger partial charge < -0.3 is 10.2 Å². The van der Waals surface area contributed by atoms with Crippen LogP contribution in [0.5, 0.6) is 0 Å². The molecule has 0 bridgehead atoms. The van der Waals surface area contributed by atoms with Crippen LogP contribution < -0.4 is 10.2 Å². The van der Waals surface area contributed by atoms with Crippen molar-refractivity contribution in [3.63, 3.8) is 0 Å². The Morgan fingerprint density at radius 1 is 1.26 bits per heavy atom. The Morgan fingerprint density at radius 2 is 2.16 bits per heavy atom. The fourth-order valence-corrected chi connectivity index (χ4v) is 2.88. The number of nitrogens with zero attached hydrogens (tertiary/aromatic N) is 2. The molecule has 0 aromatic carbocycles. The number of pyridine rings is 1. The van der Waals surface area contributed by atoms with E-state index in [9.17, 15) is 0 Å². The Balaban J connectivity index is 2.13. The van der Waals surface area contributed by atoms with Gasteiger partial charge in [-0.1, -0.05) is 32.8 Å². The van der Waals surface area contributed by atoms with Crippen LogP contribution in [0.25, 0.3) is 0 Å². The summed E-state index contributed by atoms with van der Waals surface area (Å²) in [6.45, 7) is 7.45. The molecule has 19 heavy (non-hydrogen) atoms. The summed E-state index contributed by atoms with van der Waals surface area (Å²) in [5, 5.41) is 3.35. The van der Waals surface area contributed by atoms with Crippen molar-refractivity contribution >= 4 is 5.82 Å². The van der Waals surface area contributed by atoms with E-state index in [1.54, 1.807) is 0 Å². The summed E-state index contributed by atoms with van der Waals surface area (Å²) in [6.07, 6.45) is 6.57. The molecule has 1 atom stereocenters. The van der Waals surface area contributed by atoms with Gasteiger partial charge in [-0.2, -0.15) is 0 Å². The van der Waals surface area contributed by atoms with Crippen molar-refractivity contribution in [1.82, 2.24) is 10.3 Å². The van der Waals surface area contributed by atoms with Gasteiger partial charge >= 0.3 is 0 Å². The summed E-state index contributed by atoms with van der Waals surface area (Å²) >= 11 is 0. The van der Waals surface area contributed by atoms with Gasteiger partial charge in [0.25, 0.3) is 0 Å². The van der Waals surface area contributed by atoms with Crippen LogP contribution in [0.3, 0.4) is 0 Å². The topological polar surface area (TPSA) is 28.2 Å². The fraction of sp³-hybridized carbons (Fsp3) is 0.688. The first kappa shape index (κ1) is 14.3. The van der Waals surface area contributed by atoms with E-state index in [0.29, 0.717) is 6.04 Å². The van der Waals surface area contributed by atoms with Crippen LogP contribution in [-0.2, 0) is 6.54 Å². The Hall–Kier alpha value is -1.09. The van der Waals surface area contributed by atoms with Crippen LogP contribution >= 0.6 is 0 Å². The van der Waals surface area contributed by atoms with E-state index in [1.165, 1.54) is 37.9 Å². The highest BCUT2D eigenvalue weighted by Crippen LogP contribution is 2.24. The number of aromatic nitrogens is 1. The fourth-order valence-electron chi connectivity index (χ4n) is 2.88. The van der Waals surface area contributed by atoms with E-state index in [1.807, 2.05) is 0 Å². The van der Waals surface area contributed by atoms with E-state index in [4.69, 9.17) is 4.98 Å². The molecular weight excluding hydrogens is 234 g/mol. The standard InChI is InChI=1S/C16H27N3/c1-3-15-10-6-5-7-12-19(15)16-11-8-9-14(18-16)13-17-4-2/h8-9,11,15,17H,3-7,10,12-13H2,1-2H3. The molecule has 1 unspecified atom stereocenters. The van der Waals surface area contributed by atoms with Gasteiger partial charge in [0.15, 0.2) is 0 Å². The molecular formula is C16H27N3. The lowest BCUT2D eigenvalue weighted by Crippen LogP contribution is -2.35. The Kier molecular flexibility index (Phi) is 5.64. The predicted molar refractivity (Wildman–Crippen MR) is 81.5 cm³/mol. The average Bonchev–Trinajstić information content (AvgIpc) is 2.70. The van der Waals surface area contributed by atoms with Gasteiger partial charge in [0.05, 0.1) is 5.69 Å². The highest BCUT2D eigenvalue weighted by molar-refractivity contribution is 5.40. The van der Waals surface area contributed by atoms with Crippen molar-refractivity contribution < 1.29 is 0 Å². The van der Waals surface area contributed by atoms with Crippen LogP contribution in [0.2, 0.25) is 0 Å². The summed E-state index contributed by atoms with van der Waals surface area (Å²) < 4.78 is 0. The lowest BCUT2D eigenvalue weighted by atomic mass is 10.1. The van der Waals surface area contributed by atoms with Crippen molar-refractivity contribution in [2.24, 2.45) is 0 Å². The van der Waals surface area contributed by atoms with Gasteiger partial charge in [-0.05, 0) is 37.9 Å². The number of hydrogen-bond acceptors (Lipinski definition) is 3. The Labute approximate surface area is 117 Å². The normalized spacial score (nSPS) is 20.3. The molecule has 1 aliphatic heterocycles. The summed E-state index contributed by atoms with van der Waals surface area (Å²) in [7, 11) is 0. The molecule has 0 radical (unpaired) electrons. The largest absolute Gasteiger partial charge is 0.354 e. The second-order valence-electron chi connectivity index (χ2n) is 5.37. The van der Waals surface area contributed by atoms with Gasteiger partial charge in [-0.15, -0.1) is 0 Å². The molecule has 2 heterocycles. The highest BCUT2D eigenvalue weighted by Gasteiger charge is 2.20. The number of hydrogen-bond donors (Lipinski definition) is 1. The SMILES string of the molecule is CCNCc1cccc(N2CCCCCC2CC)n1. The molecule has 1 aromatic heterocycles. The molecule has 106 valence electrons. The molecule has 1 aliphatic rings. The molecule has 3 heteroatoms. The molecule has 1 saturated heterocycles. The van der Waals surface area contributed by atoms with Crippen LogP contribution in [0.15, 0.2) is 18.2 Å². The maximum atomic E-state index is 4.84. The first-order valence-corrected chi connectivity index (χ1v) is 7.78. The summed E-state index contributed by atoms with van der Waals surface area (Å²) in [5.41, 5.74) is 1.15. The third kappa shape index (κ3) is 3.93. The first-order valence-electron chi connectivity index (χ1n) is 7.78. The molecule has 0 amide bonds. The highest BCUT2D eigenvalue weighted by atomic mass is 15.2. The third-order valence-corrected chi connectivity index (χ3v) is 3.99. The molecule has 2 rings (SSSR count). The quantitative estimate of drug-likeness (QED) is 0.881. The second-order valence-corrected chi connectivity index (χ2v) is 5.37. The summed E-state index contributed by atoms with van der Waals surface area (Å²) in [6, 6.07) is 7.10. The molecule has 1 fully saturated rings. The predicted octanol–water partition coefficient (Wildman–Crippen LogP) is 3.35. The lowest BCUT2D eigenvalue weighted by molar-refractivity contribution is 0.551. The van der Waals surface area contributed by atoms with E-state index < -0.39 is 0 Å². The molecule has 1 N–H and O–H groups in total. The monoisotopic (exact) mass is 261 g/mol. The lowest BCUT2D eigenvalue weighted by Gasteiger charge is -2.30. The minimum atomic E-state index is 0.671. The number of rotatable bonds is 5. The van der Waals surface area contributed by atoms with Crippen molar-refractivity contribution in [2.75, 3.05) is 18.0 Å². The van der Waals surface area contributed by atoms with Crippen molar-refractivity contribution in [2.45, 2.75) is 58.5 Å². The zero-order chi connectivity index (χ0) is 13.5. The van der Waals surface area contributed by atoms with Gasteiger partial charge in [-0.25, -0.2) is 4.98 Å². The van der Waals surface area contributed by atoms with Crippen molar-refractivity contribution in [3.8, 4) is 0 Å². The van der Waals surface area contributed by atoms with E-state index in [2.05, 4.69) is 42.3 Å². The van der Waals surface area contributed by atoms with Gasteiger partial charge in [0.2, 0.25) is 0 Å². The minimum Gasteiger partial charge on any atom is -0.354 e. The molecule has 0 aliphatic carbocycles. The molecule has 0 saturated carbocycles. The van der Waals surface area contributed by atoms with E-state index in [-0.39, 0.29) is 0 Å². The smallest absolute Gasteiger partial charge is 0.129 e. The van der Waals surface area contributed by atoms with Gasteiger partial charge in [0.1, 0.15) is 5.82 Å². The Morgan fingerprint density at radius 3 is 2.95 bits per heavy atom. The van der Waals surface area contributed by atoms with Crippen LogP contribution in [-0.4, -0.2) is 24.1 Å². The van der Waals surface area contributed by atoms with E-state index >= 15 is 0 Å². The van der Waals surface area contributed by atoms with E-state index in [0.717, 1.165) is 25.3 Å². The minimum absolute atomic E-state index is 0.671. The number of nitrogens with one attached hydrogen (secondary N) is 1. The second kappa shape index (κ2) is 7.49. The maximum Gasteiger partial charge on any atom is 0.129 e. The third-order valence-electron chi connectivity index (χ3n) is 3.99. The average molecular weight is 261 g/mol. The zero-order valence-corrected chi connectivity index (χ0v) is 12.4. The number of anilines is 1. The molecule has 3 nitrogen and oxygen atoms in total. The molecule has 0 spiro atoms. The first-order chi connectivity index (χ1) is 9.35. The van der Waals surface area contributed by atoms with Crippen molar-refractivity contribution in [1.29, 1.82) is 0 Å². The Bertz CT molecular complexity index is 378. The van der Waals surface area contributed by atoms with Gasteiger partial charge in [-0.3, -0.25) is 0 Å². The van der Waals surface area contributed by atoms with Crippen LogP contribution in [0, 0.1) is 0 Å². The van der Waals surface area contributed by atoms with Crippen LogP contribution in [0.4, 0.5) is 5.82 Å². The molecule has 1 aromatic rings. The maximum absolute atomic E-state index is 4.84.